The van der Waals surface area contributed by atoms with E-state index in [2.05, 4.69) is 16.0 Å². The van der Waals surface area contributed by atoms with Gasteiger partial charge in [-0.2, -0.15) is 0 Å². The lowest BCUT2D eigenvalue weighted by Crippen LogP contribution is -2.50. The van der Waals surface area contributed by atoms with Crippen molar-refractivity contribution in [2.45, 2.75) is 91.4 Å². The lowest BCUT2D eigenvalue weighted by molar-refractivity contribution is -0.165. The van der Waals surface area contributed by atoms with Crippen LogP contribution < -0.4 is 16.0 Å². The number of rotatable bonds is 17. The number of carbonyl (C=O) groups excluding carboxylic acids is 4. The lowest BCUT2D eigenvalue weighted by Gasteiger charge is -2.30. The maximum atomic E-state index is 13.5. The molecule has 0 fully saturated rings. The van der Waals surface area contributed by atoms with E-state index in [4.69, 9.17) is 9.47 Å². The smallest absolute Gasteiger partial charge is 0.407 e. The number of benzene rings is 1. The van der Waals surface area contributed by atoms with Gasteiger partial charge in [0.25, 0.3) is 0 Å². The maximum absolute atomic E-state index is 13.5. The fourth-order valence-electron chi connectivity index (χ4n) is 4.26. The van der Waals surface area contributed by atoms with E-state index >= 15 is 0 Å². The molecule has 1 aromatic carbocycles. The Morgan fingerprint density at radius 1 is 0.927 bits per heavy atom. The number of nitrogens with one attached hydrogen (secondary N) is 3. The van der Waals surface area contributed by atoms with Gasteiger partial charge in [0.1, 0.15) is 18.2 Å². The van der Waals surface area contributed by atoms with E-state index in [0.29, 0.717) is 32.2 Å². The van der Waals surface area contributed by atoms with E-state index in [1.165, 1.54) is 7.05 Å². The van der Waals surface area contributed by atoms with Crippen LogP contribution in [-0.4, -0.2) is 60.2 Å². The van der Waals surface area contributed by atoms with Gasteiger partial charge >= 0.3 is 18.0 Å². The van der Waals surface area contributed by atoms with Gasteiger partial charge in [-0.15, -0.1) is 0 Å². The number of hydrogen-bond donors (Lipinski definition) is 4. The van der Waals surface area contributed by atoms with Crippen molar-refractivity contribution in [1.82, 2.24) is 16.0 Å². The third kappa shape index (κ3) is 15.1. The summed E-state index contributed by atoms with van der Waals surface area (Å²) in [5.41, 5.74) is 0.0591. The van der Waals surface area contributed by atoms with Crippen LogP contribution in [-0.2, 0) is 35.3 Å². The first kappa shape index (κ1) is 35.4. The summed E-state index contributed by atoms with van der Waals surface area (Å²) in [5.74, 6) is -4.45. The summed E-state index contributed by atoms with van der Waals surface area (Å²) in [7, 11) is 1.47. The molecule has 1 aromatic rings. The van der Waals surface area contributed by atoms with E-state index < -0.39 is 53.3 Å². The van der Waals surface area contributed by atoms with Crippen molar-refractivity contribution in [3.8, 4) is 0 Å². The molecule has 0 aromatic heterocycles. The van der Waals surface area contributed by atoms with Crippen LogP contribution in [0.3, 0.4) is 0 Å². The predicted molar refractivity (Wildman–Crippen MR) is 154 cm³/mol. The summed E-state index contributed by atoms with van der Waals surface area (Å²) in [4.78, 5) is 62.5. The van der Waals surface area contributed by atoms with Crippen molar-refractivity contribution in [3.63, 3.8) is 0 Å². The highest BCUT2D eigenvalue weighted by atomic mass is 16.6. The second-order valence-electron chi connectivity index (χ2n) is 11.5. The first-order chi connectivity index (χ1) is 19.2. The number of likely N-dealkylation sites (N-methyl/N-ethyl adjacent to an activating group) is 1. The number of aliphatic carboxylic acids is 1. The Bertz CT molecular complexity index is 991. The van der Waals surface area contributed by atoms with E-state index in [-0.39, 0.29) is 25.4 Å². The number of carboxylic acids is 1. The van der Waals surface area contributed by atoms with Gasteiger partial charge in [-0.3, -0.25) is 19.2 Å². The molecule has 0 spiro atoms. The van der Waals surface area contributed by atoms with E-state index in [9.17, 15) is 29.1 Å². The second kappa shape index (κ2) is 17.9. The largest absolute Gasteiger partial charge is 0.481 e. The Labute approximate surface area is 243 Å². The number of carboxylic acid groups (broad SMARTS) is 1. The Balaban J connectivity index is 2.81. The molecule has 11 heteroatoms. The van der Waals surface area contributed by atoms with Crippen molar-refractivity contribution in [3.05, 3.63) is 35.9 Å². The van der Waals surface area contributed by atoms with Crippen molar-refractivity contribution < 1.29 is 38.6 Å². The van der Waals surface area contributed by atoms with Crippen LogP contribution in [0.2, 0.25) is 0 Å². The molecular formula is C30H47N3O8. The van der Waals surface area contributed by atoms with Gasteiger partial charge in [0.05, 0.1) is 11.8 Å². The summed E-state index contributed by atoms with van der Waals surface area (Å²) < 4.78 is 10.7. The zero-order valence-corrected chi connectivity index (χ0v) is 25.2. The number of carbonyl (C=O) groups is 5. The standard InChI is InChI=1S/C30H47N3O8/c1-20(2)18-23(22(15-16-25(34)35)28(38)41-30(3,4)5)26(36)33-24(27(37)31-6)14-10-11-17-32-29(39)40-19-21-12-8-7-9-13-21/h7-9,12-13,20,22-24H,10-11,14-19H2,1-6H3,(H,31,37)(H,32,39)(H,33,36)(H,34,35)/t22-,23+,24-/m0/s1. The van der Waals surface area contributed by atoms with Crippen molar-refractivity contribution in [1.29, 1.82) is 0 Å². The van der Waals surface area contributed by atoms with Gasteiger partial charge in [-0.1, -0.05) is 44.2 Å². The molecule has 0 radical (unpaired) electrons. The second-order valence-corrected chi connectivity index (χ2v) is 11.5. The zero-order chi connectivity index (χ0) is 31.0. The Hall–Kier alpha value is -3.63. The van der Waals surface area contributed by atoms with E-state index in [1.54, 1.807) is 20.8 Å². The van der Waals surface area contributed by atoms with Crippen molar-refractivity contribution in [2.75, 3.05) is 13.6 Å². The first-order valence-corrected chi connectivity index (χ1v) is 14.1. The molecule has 0 aliphatic carbocycles. The molecule has 41 heavy (non-hydrogen) atoms. The fourth-order valence-corrected chi connectivity index (χ4v) is 4.26. The van der Waals surface area contributed by atoms with E-state index in [1.807, 2.05) is 44.2 Å². The fraction of sp³-hybridized carbons (Fsp3) is 0.633. The van der Waals surface area contributed by atoms with Crippen molar-refractivity contribution >= 4 is 29.8 Å². The molecule has 3 amide bonds. The molecule has 4 N–H and O–H groups in total. The van der Waals surface area contributed by atoms with Gasteiger partial charge in [0, 0.05) is 20.0 Å². The van der Waals surface area contributed by atoms with Crippen molar-refractivity contribution in [2.24, 2.45) is 17.8 Å². The van der Waals surface area contributed by atoms with E-state index in [0.717, 1.165) is 5.56 Å². The molecule has 0 heterocycles. The van der Waals surface area contributed by atoms with Gasteiger partial charge in [-0.05, 0) is 64.4 Å². The molecule has 0 saturated heterocycles. The Morgan fingerprint density at radius 3 is 2.15 bits per heavy atom. The lowest BCUT2D eigenvalue weighted by atomic mass is 9.81. The molecule has 0 bridgehead atoms. The van der Waals surface area contributed by atoms with Gasteiger partial charge < -0.3 is 30.5 Å². The Kier molecular flexibility index (Phi) is 15.5. The monoisotopic (exact) mass is 577 g/mol. The highest BCUT2D eigenvalue weighted by Gasteiger charge is 2.38. The number of amides is 3. The highest BCUT2D eigenvalue weighted by molar-refractivity contribution is 5.90. The molecule has 0 unspecified atom stereocenters. The van der Waals surface area contributed by atoms with Crippen LogP contribution in [0.15, 0.2) is 30.3 Å². The number of hydrogen-bond acceptors (Lipinski definition) is 7. The quantitative estimate of drug-likeness (QED) is 0.161. The summed E-state index contributed by atoms with van der Waals surface area (Å²) >= 11 is 0. The number of esters is 1. The van der Waals surface area contributed by atoms with Crippen LogP contribution in [0, 0.1) is 17.8 Å². The molecule has 0 saturated carbocycles. The van der Waals surface area contributed by atoms with Gasteiger partial charge in [0.2, 0.25) is 11.8 Å². The number of alkyl carbamates (subject to hydrolysis) is 1. The molecule has 3 atom stereocenters. The van der Waals surface area contributed by atoms with Gasteiger partial charge in [-0.25, -0.2) is 4.79 Å². The summed E-state index contributed by atoms with van der Waals surface area (Å²) in [6.45, 7) is 9.40. The normalized spacial score (nSPS) is 13.4. The molecule has 0 aliphatic heterocycles. The topological polar surface area (TPSA) is 160 Å². The average Bonchev–Trinajstić information content (AvgIpc) is 2.89. The maximum Gasteiger partial charge on any atom is 0.407 e. The molecule has 1 rings (SSSR count). The zero-order valence-electron chi connectivity index (χ0n) is 25.2. The molecule has 11 nitrogen and oxygen atoms in total. The summed E-state index contributed by atoms with van der Waals surface area (Å²) in [5, 5.41) is 17.2. The van der Waals surface area contributed by atoms with Crippen LogP contribution in [0.5, 0.6) is 0 Å². The molecule has 0 aliphatic rings. The minimum absolute atomic E-state index is 0.0201. The van der Waals surface area contributed by atoms with Gasteiger partial charge in [0.15, 0.2) is 0 Å². The van der Waals surface area contributed by atoms with Crippen LogP contribution in [0.1, 0.15) is 78.7 Å². The Morgan fingerprint density at radius 2 is 1.59 bits per heavy atom. The van der Waals surface area contributed by atoms with Crippen LogP contribution in [0.4, 0.5) is 4.79 Å². The summed E-state index contributed by atoms with van der Waals surface area (Å²) in [6, 6.07) is 8.43. The molecular weight excluding hydrogens is 530 g/mol. The summed E-state index contributed by atoms with van der Waals surface area (Å²) in [6.07, 6.45) is 0.754. The number of ether oxygens (including phenoxy) is 2. The average molecular weight is 578 g/mol. The number of unbranched alkanes of at least 4 members (excludes halogenated alkanes) is 1. The van der Waals surface area contributed by atoms with Crippen LogP contribution >= 0.6 is 0 Å². The first-order valence-electron chi connectivity index (χ1n) is 14.1. The minimum atomic E-state index is -1.08. The molecule has 230 valence electrons. The predicted octanol–water partition coefficient (Wildman–Crippen LogP) is 3.80. The van der Waals surface area contributed by atoms with Crippen LogP contribution in [0.25, 0.3) is 0 Å². The minimum Gasteiger partial charge on any atom is -0.481 e. The third-order valence-corrected chi connectivity index (χ3v) is 6.21. The SMILES string of the molecule is CNC(=O)[C@H](CCCCNC(=O)OCc1ccccc1)NC(=O)[C@H](CC(C)C)[C@H](CCC(=O)O)C(=O)OC(C)(C)C. The highest BCUT2D eigenvalue weighted by Crippen LogP contribution is 2.28. The third-order valence-electron chi connectivity index (χ3n) is 6.21.